The summed E-state index contributed by atoms with van der Waals surface area (Å²) in [4.78, 5) is 52.0. The molecule has 8 rings (SSSR count). The second-order valence-corrected chi connectivity index (χ2v) is 15.6. The maximum absolute atomic E-state index is 13.8. The lowest BCUT2D eigenvalue weighted by molar-refractivity contribution is 0.103. The predicted octanol–water partition coefficient (Wildman–Crippen LogP) is 9.66. The van der Waals surface area contributed by atoms with Crippen molar-refractivity contribution < 1.29 is 36.7 Å². The molecule has 4 aromatic carbocycles. The molecule has 65 heavy (non-hydrogen) atoms. The second-order valence-electron chi connectivity index (χ2n) is 14.8. The lowest BCUT2D eigenvalue weighted by Gasteiger charge is -2.35. The summed E-state index contributed by atoms with van der Waals surface area (Å²) in [7, 11) is 0. The van der Waals surface area contributed by atoms with E-state index in [-0.39, 0.29) is 29.0 Å². The number of hydrogen-bond donors (Lipinski definition) is 3. The summed E-state index contributed by atoms with van der Waals surface area (Å²) < 4.78 is 58.7. The van der Waals surface area contributed by atoms with Crippen LogP contribution in [0, 0.1) is 23.3 Å². The lowest BCUT2D eigenvalue weighted by Crippen LogP contribution is -2.49. The minimum atomic E-state index is -0.749. The van der Waals surface area contributed by atoms with Crippen LogP contribution in [-0.4, -0.2) is 91.5 Å². The van der Waals surface area contributed by atoms with Crippen LogP contribution >= 0.6 is 23.2 Å². The SMILES string of the molecule is CCOC(=O)N1CCN(c2ccc(C(=O)c3ccc(Nc4ccc(F)cc4F)nc3)c(Cl)c2)CC1.O=C(c1ccc(Nc2ccc(F)cc2F)nc1)c1ccc(N2CCNCC2)cc1Cl. The number of carbonyl (C=O) groups excluding carboxylic acids is 3. The largest absolute Gasteiger partial charge is 0.450 e. The van der Waals surface area contributed by atoms with Gasteiger partial charge in [-0.2, -0.15) is 0 Å². The Kier molecular flexibility index (Phi) is 15.1. The Morgan fingerprint density at radius 3 is 1.48 bits per heavy atom. The third-order valence-electron chi connectivity index (χ3n) is 10.5. The number of halogens is 6. The summed E-state index contributed by atoms with van der Waals surface area (Å²) in [6.07, 6.45) is 2.45. The van der Waals surface area contributed by atoms with E-state index < -0.39 is 23.3 Å². The molecule has 0 aliphatic carbocycles. The third kappa shape index (κ3) is 11.7. The zero-order valence-corrected chi connectivity index (χ0v) is 36.4. The number of piperazine rings is 2. The van der Waals surface area contributed by atoms with Crippen molar-refractivity contribution in [2.24, 2.45) is 0 Å². The highest BCUT2D eigenvalue weighted by atomic mass is 35.5. The zero-order chi connectivity index (χ0) is 46.0. The zero-order valence-electron chi connectivity index (χ0n) is 34.9. The van der Waals surface area contributed by atoms with E-state index in [1.54, 1.807) is 54.3 Å². The Labute approximate surface area is 382 Å². The first-order valence-corrected chi connectivity index (χ1v) is 21.3. The van der Waals surface area contributed by atoms with Crippen LogP contribution in [0.1, 0.15) is 38.8 Å². The van der Waals surface area contributed by atoms with Gasteiger partial charge in [-0.15, -0.1) is 0 Å². The molecule has 2 aromatic heterocycles. The maximum atomic E-state index is 13.8. The molecule has 0 bridgehead atoms. The molecule has 0 radical (unpaired) electrons. The molecule has 336 valence electrons. The van der Waals surface area contributed by atoms with Crippen molar-refractivity contribution in [3.63, 3.8) is 0 Å². The van der Waals surface area contributed by atoms with Gasteiger partial charge in [0.2, 0.25) is 0 Å². The Morgan fingerprint density at radius 2 is 1.08 bits per heavy atom. The number of nitrogens with one attached hydrogen (secondary N) is 3. The number of carbonyl (C=O) groups is 3. The summed E-state index contributed by atoms with van der Waals surface area (Å²) in [5.41, 5.74) is 3.39. The van der Waals surface area contributed by atoms with Crippen LogP contribution in [0.3, 0.4) is 0 Å². The first-order valence-electron chi connectivity index (χ1n) is 20.5. The first kappa shape index (κ1) is 46.2. The predicted molar refractivity (Wildman–Crippen MR) is 243 cm³/mol. The second kappa shape index (κ2) is 21.3. The fraction of sp³-hybridized carbons (Fsp3) is 0.213. The average Bonchev–Trinajstić information content (AvgIpc) is 3.31. The summed E-state index contributed by atoms with van der Waals surface area (Å²) in [6.45, 7) is 8.01. The van der Waals surface area contributed by atoms with Gasteiger partial charge >= 0.3 is 6.09 Å². The van der Waals surface area contributed by atoms with Gasteiger partial charge in [0.1, 0.15) is 34.9 Å². The number of hydrogen-bond acceptors (Lipinski definition) is 11. The van der Waals surface area contributed by atoms with E-state index in [1.165, 1.54) is 30.6 Å². The highest BCUT2D eigenvalue weighted by molar-refractivity contribution is 6.35. The molecule has 0 atom stereocenters. The number of nitrogens with zero attached hydrogens (tertiary/aromatic N) is 5. The molecular formula is C47H42Cl2F4N8O4. The van der Waals surface area contributed by atoms with E-state index in [2.05, 4.69) is 35.7 Å². The molecule has 6 aromatic rings. The van der Waals surface area contributed by atoms with Gasteiger partial charge in [-0.3, -0.25) is 9.59 Å². The van der Waals surface area contributed by atoms with Crippen LogP contribution in [0.5, 0.6) is 0 Å². The third-order valence-corrected chi connectivity index (χ3v) is 11.1. The smallest absolute Gasteiger partial charge is 0.409 e. The molecule has 12 nitrogen and oxygen atoms in total. The van der Waals surface area contributed by atoms with Gasteiger partial charge in [0.05, 0.1) is 28.0 Å². The molecule has 2 saturated heterocycles. The molecule has 18 heteroatoms. The van der Waals surface area contributed by atoms with E-state index in [9.17, 15) is 31.9 Å². The lowest BCUT2D eigenvalue weighted by atomic mass is 10.0. The molecule has 0 saturated carbocycles. The maximum Gasteiger partial charge on any atom is 0.409 e. The Bertz CT molecular complexity index is 2670. The number of pyridine rings is 2. The minimum absolute atomic E-state index is 0.0692. The molecular weight excluding hydrogens is 887 g/mol. The average molecular weight is 930 g/mol. The Morgan fingerprint density at radius 1 is 0.615 bits per heavy atom. The fourth-order valence-corrected chi connectivity index (χ4v) is 7.55. The van der Waals surface area contributed by atoms with Crippen molar-refractivity contribution in [1.29, 1.82) is 0 Å². The first-order chi connectivity index (χ1) is 31.4. The monoisotopic (exact) mass is 928 g/mol. The van der Waals surface area contributed by atoms with Crippen molar-refractivity contribution in [1.82, 2.24) is 20.2 Å². The molecule has 2 aliphatic rings. The highest BCUT2D eigenvalue weighted by Crippen LogP contribution is 2.29. The van der Waals surface area contributed by atoms with Gasteiger partial charge in [-0.05, 0) is 91.9 Å². The van der Waals surface area contributed by atoms with E-state index in [1.807, 2.05) is 12.1 Å². The highest BCUT2D eigenvalue weighted by Gasteiger charge is 2.24. The fourth-order valence-electron chi connectivity index (χ4n) is 7.03. The van der Waals surface area contributed by atoms with E-state index in [0.717, 1.165) is 61.8 Å². The van der Waals surface area contributed by atoms with Gasteiger partial charge in [-0.1, -0.05) is 23.2 Å². The van der Waals surface area contributed by atoms with Crippen LogP contribution in [-0.2, 0) is 4.74 Å². The van der Waals surface area contributed by atoms with Gasteiger partial charge in [0.15, 0.2) is 11.6 Å². The molecule has 1 amide bonds. The van der Waals surface area contributed by atoms with E-state index in [0.29, 0.717) is 76.7 Å². The number of ketones is 2. The number of amides is 1. The molecule has 2 aliphatic heterocycles. The standard InChI is InChI=1S/C25H23ClF2N4O3.C22H19ClF2N4O/c1-2-35-25(34)32-11-9-31(10-12-32)18-5-6-19(20(26)14-18)24(33)16-3-8-23(29-15-16)30-22-7-4-17(27)13-21(22)28;23-18-12-16(29-9-7-26-8-10-29)3-4-17(18)22(30)14-1-6-21(27-13-14)28-20-5-2-15(24)11-19(20)25/h3-8,13-15H,2,9-12H2,1H3,(H,29,30);1-6,11-13,26H,7-10H2,(H,27,28). The van der Waals surface area contributed by atoms with Crippen LogP contribution in [0.15, 0.2) is 109 Å². The van der Waals surface area contributed by atoms with Crippen molar-refractivity contribution in [3.8, 4) is 0 Å². The molecule has 3 N–H and O–H groups in total. The number of rotatable bonds is 11. The van der Waals surface area contributed by atoms with E-state index in [4.69, 9.17) is 27.9 Å². The molecule has 0 spiro atoms. The quantitative estimate of drug-likeness (QED) is 0.0848. The molecule has 2 fully saturated rings. The Balaban J connectivity index is 0.000000196. The number of anilines is 6. The van der Waals surface area contributed by atoms with E-state index >= 15 is 0 Å². The summed E-state index contributed by atoms with van der Waals surface area (Å²) in [5.74, 6) is -2.74. The Hall–Kier alpha value is -6.75. The van der Waals surface area contributed by atoms with Crippen molar-refractivity contribution >= 4 is 75.2 Å². The van der Waals surface area contributed by atoms with Crippen LogP contribution in [0.2, 0.25) is 10.0 Å². The van der Waals surface area contributed by atoms with Gasteiger partial charge in [0, 0.05) is 111 Å². The molecule has 4 heterocycles. The van der Waals surface area contributed by atoms with Crippen LogP contribution < -0.4 is 25.8 Å². The minimum Gasteiger partial charge on any atom is -0.450 e. The van der Waals surface area contributed by atoms with Crippen LogP contribution in [0.4, 0.5) is 56.7 Å². The number of benzene rings is 4. The molecule has 0 unspecified atom stereocenters. The van der Waals surface area contributed by atoms with Crippen molar-refractivity contribution in [2.45, 2.75) is 6.92 Å². The summed E-state index contributed by atoms with van der Waals surface area (Å²) >= 11 is 12.8. The topological polar surface area (TPSA) is 132 Å². The van der Waals surface area contributed by atoms with Crippen LogP contribution in [0.25, 0.3) is 0 Å². The summed E-state index contributed by atoms with van der Waals surface area (Å²) in [5, 5.41) is 9.49. The van der Waals surface area contributed by atoms with Gasteiger partial charge in [-0.25, -0.2) is 32.3 Å². The van der Waals surface area contributed by atoms with Gasteiger partial charge in [0.25, 0.3) is 0 Å². The van der Waals surface area contributed by atoms with Gasteiger partial charge < -0.3 is 35.4 Å². The number of aromatic nitrogens is 2. The van der Waals surface area contributed by atoms with Crippen molar-refractivity contribution in [3.05, 3.63) is 165 Å². The number of ether oxygens (including phenoxy) is 1. The van der Waals surface area contributed by atoms with Crippen molar-refractivity contribution in [2.75, 3.05) is 79.4 Å². The summed E-state index contributed by atoms with van der Waals surface area (Å²) in [6, 6.07) is 23.2. The normalized spacial score (nSPS) is 13.7.